The van der Waals surface area contributed by atoms with E-state index in [-0.39, 0.29) is 0 Å². The van der Waals surface area contributed by atoms with Gasteiger partial charge in [0, 0.05) is 10.4 Å². The second kappa shape index (κ2) is 6.36. The number of hydrogen-bond acceptors (Lipinski definition) is 3. The fourth-order valence-electron chi connectivity index (χ4n) is 1.36. The number of halogens is 2. The summed E-state index contributed by atoms with van der Waals surface area (Å²) in [6.07, 6.45) is 2.26. The fourth-order valence-corrected chi connectivity index (χ4v) is 4.55. The molecule has 92 valence electrons. The van der Waals surface area contributed by atoms with Crippen LogP contribution in [0.3, 0.4) is 0 Å². The molecular formula is C12H12Br2OS2. The summed E-state index contributed by atoms with van der Waals surface area (Å²) in [6.45, 7) is 2.96. The molecule has 0 aromatic carbocycles. The van der Waals surface area contributed by atoms with Gasteiger partial charge < -0.3 is 4.74 Å². The van der Waals surface area contributed by atoms with Gasteiger partial charge >= 0.3 is 0 Å². The van der Waals surface area contributed by atoms with Crippen LogP contribution in [-0.2, 0) is 0 Å². The van der Waals surface area contributed by atoms with E-state index in [4.69, 9.17) is 4.74 Å². The van der Waals surface area contributed by atoms with Crippen LogP contribution in [0.2, 0.25) is 0 Å². The predicted octanol–water partition coefficient (Wildman–Crippen LogP) is 6.18. The first-order valence-corrected chi connectivity index (χ1v) is 8.66. The maximum atomic E-state index is 5.76. The van der Waals surface area contributed by atoms with E-state index in [0.29, 0.717) is 0 Å². The molecule has 2 rings (SSSR count). The van der Waals surface area contributed by atoms with Crippen molar-refractivity contribution in [3.63, 3.8) is 0 Å². The lowest BCUT2D eigenvalue weighted by Crippen LogP contribution is -1.94. The Morgan fingerprint density at radius 1 is 1.35 bits per heavy atom. The van der Waals surface area contributed by atoms with Crippen molar-refractivity contribution >= 4 is 54.5 Å². The van der Waals surface area contributed by atoms with Gasteiger partial charge in [-0.15, -0.1) is 11.3 Å². The average molecular weight is 396 g/mol. The zero-order valence-electron chi connectivity index (χ0n) is 9.33. The first-order chi connectivity index (χ1) is 8.22. The number of rotatable bonds is 5. The van der Waals surface area contributed by atoms with Gasteiger partial charge in [0.2, 0.25) is 0 Å². The van der Waals surface area contributed by atoms with Crippen LogP contribution < -0.4 is 4.74 Å². The van der Waals surface area contributed by atoms with Crippen molar-refractivity contribution in [1.29, 1.82) is 0 Å². The minimum atomic E-state index is 0.792. The normalized spacial score (nSPS) is 10.8. The fraction of sp³-hybridized carbons (Fsp3) is 0.333. The van der Waals surface area contributed by atoms with Crippen LogP contribution in [-0.4, -0.2) is 6.61 Å². The summed E-state index contributed by atoms with van der Waals surface area (Å²) in [5.74, 6) is 0. The Hall–Kier alpha value is 0.160. The van der Waals surface area contributed by atoms with Crippen LogP contribution in [0.1, 0.15) is 19.8 Å². The third-order valence-electron chi connectivity index (χ3n) is 2.27. The Morgan fingerprint density at radius 3 is 2.82 bits per heavy atom. The van der Waals surface area contributed by atoms with Crippen molar-refractivity contribution in [2.24, 2.45) is 0 Å². The van der Waals surface area contributed by atoms with Crippen molar-refractivity contribution < 1.29 is 4.74 Å². The molecular weight excluding hydrogens is 384 g/mol. The molecule has 0 radical (unpaired) electrons. The Kier molecular flexibility index (Phi) is 5.09. The van der Waals surface area contributed by atoms with Gasteiger partial charge in [-0.05, 0) is 55.8 Å². The highest BCUT2D eigenvalue weighted by molar-refractivity contribution is 9.11. The van der Waals surface area contributed by atoms with E-state index in [1.54, 1.807) is 22.7 Å². The summed E-state index contributed by atoms with van der Waals surface area (Å²) < 4.78 is 7.98. The minimum absolute atomic E-state index is 0.792. The first-order valence-electron chi connectivity index (χ1n) is 5.38. The molecule has 2 aromatic heterocycles. The topological polar surface area (TPSA) is 9.23 Å². The molecule has 0 saturated heterocycles. The Balaban J connectivity index is 2.16. The van der Waals surface area contributed by atoms with Gasteiger partial charge in [0.1, 0.15) is 0 Å². The largest absolute Gasteiger partial charge is 0.483 e. The molecule has 0 atom stereocenters. The van der Waals surface area contributed by atoms with Crippen molar-refractivity contribution in [3.05, 3.63) is 25.8 Å². The summed E-state index contributed by atoms with van der Waals surface area (Å²) in [7, 11) is 0. The lowest BCUT2D eigenvalue weighted by atomic mass is 10.3. The van der Waals surface area contributed by atoms with Crippen LogP contribution in [0, 0.1) is 0 Å². The molecule has 0 fully saturated rings. The van der Waals surface area contributed by atoms with Gasteiger partial charge in [-0.1, -0.05) is 24.7 Å². The van der Waals surface area contributed by atoms with E-state index in [0.717, 1.165) is 29.0 Å². The van der Waals surface area contributed by atoms with Crippen LogP contribution >= 0.6 is 54.5 Å². The monoisotopic (exact) mass is 394 g/mol. The second-order valence-electron chi connectivity index (χ2n) is 3.56. The molecule has 1 nitrogen and oxygen atoms in total. The van der Waals surface area contributed by atoms with Crippen LogP contribution in [0.25, 0.3) is 10.4 Å². The zero-order valence-corrected chi connectivity index (χ0v) is 14.1. The Bertz CT molecular complexity index is 490. The lowest BCUT2D eigenvalue weighted by Gasteiger charge is -2.01. The van der Waals surface area contributed by atoms with Gasteiger partial charge in [-0.3, -0.25) is 0 Å². The second-order valence-corrected chi connectivity index (χ2v) is 7.66. The molecule has 0 unspecified atom stereocenters. The van der Waals surface area contributed by atoms with E-state index in [9.17, 15) is 0 Å². The van der Waals surface area contributed by atoms with Crippen LogP contribution in [0.4, 0.5) is 0 Å². The maximum absolute atomic E-state index is 5.76. The molecule has 17 heavy (non-hydrogen) atoms. The molecule has 5 heteroatoms. The highest BCUT2D eigenvalue weighted by atomic mass is 79.9. The average Bonchev–Trinajstić information content (AvgIpc) is 2.86. The van der Waals surface area contributed by atoms with Crippen molar-refractivity contribution in [2.75, 3.05) is 6.61 Å². The van der Waals surface area contributed by atoms with Gasteiger partial charge in [0.05, 0.1) is 14.9 Å². The van der Waals surface area contributed by atoms with Gasteiger partial charge in [0.25, 0.3) is 0 Å². The maximum Gasteiger partial charge on any atom is 0.188 e. The van der Waals surface area contributed by atoms with Crippen molar-refractivity contribution in [3.8, 4) is 15.5 Å². The van der Waals surface area contributed by atoms with Gasteiger partial charge in [0.15, 0.2) is 5.06 Å². The molecule has 0 aliphatic rings. The molecule has 0 bridgehead atoms. The number of unbranched alkanes of at least 4 members (excludes halogenated alkanes) is 1. The quantitative estimate of drug-likeness (QED) is 0.549. The number of hydrogen-bond donors (Lipinski definition) is 0. The van der Waals surface area contributed by atoms with E-state index in [2.05, 4.69) is 56.3 Å². The molecule has 0 saturated carbocycles. The highest BCUT2D eigenvalue weighted by Gasteiger charge is 2.12. The smallest absolute Gasteiger partial charge is 0.188 e. The van der Waals surface area contributed by atoms with Crippen LogP contribution in [0.15, 0.2) is 25.8 Å². The lowest BCUT2D eigenvalue weighted by molar-refractivity contribution is 0.316. The number of thiophene rings is 2. The minimum Gasteiger partial charge on any atom is -0.483 e. The molecule has 2 heterocycles. The third kappa shape index (κ3) is 3.34. The molecule has 0 aliphatic heterocycles. The predicted molar refractivity (Wildman–Crippen MR) is 83.4 cm³/mol. The van der Waals surface area contributed by atoms with Gasteiger partial charge in [-0.25, -0.2) is 0 Å². The third-order valence-corrected chi connectivity index (χ3v) is 5.89. The standard InChI is InChI=1S/C12H12Br2OS2/c1-2-3-5-15-12-9(13)7-10(17-12)8-4-6-16-11(8)14/h4,6-7H,2-3,5H2,1H3. The number of ether oxygens (including phenoxy) is 1. The highest BCUT2D eigenvalue weighted by Crippen LogP contribution is 2.44. The Labute approximate surface area is 126 Å². The summed E-state index contributed by atoms with van der Waals surface area (Å²) in [5, 5.41) is 3.07. The molecule has 0 aliphatic carbocycles. The van der Waals surface area contributed by atoms with E-state index in [1.807, 2.05) is 0 Å². The summed E-state index contributed by atoms with van der Waals surface area (Å²) >= 11 is 10.5. The van der Waals surface area contributed by atoms with Gasteiger partial charge in [-0.2, -0.15) is 0 Å². The van der Waals surface area contributed by atoms with Crippen LogP contribution in [0.5, 0.6) is 5.06 Å². The Morgan fingerprint density at radius 2 is 2.18 bits per heavy atom. The summed E-state index contributed by atoms with van der Waals surface area (Å²) in [4.78, 5) is 1.23. The van der Waals surface area contributed by atoms with E-state index >= 15 is 0 Å². The summed E-state index contributed by atoms with van der Waals surface area (Å²) in [6, 6.07) is 4.25. The zero-order chi connectivity index (χ0) is 12.3. The molecule has 0 amide bonds. The first kappa shape index (κ1) is 13.6. The van der Waals surface area contributed by atoms with E-state index in [1.165, 1.54) is 14.2 Å². The van der Waals surface area contributed by atoms with Crippen molar-refractivity contribution in [2.45, 2.75) is 19.8 Å². The molecule has 0 N–H and O–H groups in total. The van der Waals surface area contributed by atoms with E-state index < -0.39 is 0 Å². The molecule has 2 aromatic rings. The SMILES string of the molecule is CCCCOc1sc(-c2ccsc2Br)cc1Br. The van der Waals surface area contributed by atoms with Crippen molar-refractivity contribution in [1.82, 2.24) is 0 Å². The molecule has 0 spiro atoms. The summed E-state index contributed by atoms with van der Waals surface area (Å²) in [5.41, 5.74) is 1.24.